The van der Waals surface area contributed by atoms with Gasteiger partial charge in [-0.05, 0) is 18.6 Å². The zero-order valence-electron chi connectivity index (χ0n) is 12.6. The van der Waals surface area contributed by atoms with Crippen molar-refractivity contribution in [2.24, 2.45) is 0 Å². The Balaban J connectivity index is 2.40. The Morgan fingerprint density at radius 1 is 1.26 bits per heavy atom. The lowest BCUT2D eigenvalue weighted by atomic mass is 10.2. The maximum absolute atomic E-state index is 12.7. The number of carbonyl (C=O) groups is 1. The van der Waals surface area contributed by atoms with Crippen LogP contribution in [0.25, 0.3) is 0 Å². The van der Waals surface area contributed by atoms with E-state index in [0.29, 0.717) is 19.8 Å². The first-order chi connectivity index (χ1) is 10.9. The van der Waals surface area contributed by atoms with Crippen LogP contribution in [-0.2, 0) is 14.8 Å². The van der Waals surface area contributed by atoms with Gasteiger partial charge in [-0.15, -0.1) is 0 Å². The van der Waals surface area contributed by atoms with Gasteiger partial charge >= 0.3 is 0 Å². The van der Waals surface area contributed by atoms with Gasteiger partial charge in [-0.2, -0.15) is 4.31 Å². The van der Waals surface area contributed by atoms with Crippen LogP contribution < -0.4 is 5.32 Å². The number of hydrogen-bond donors (Lipinski definition) is 1. The Bertz CT molecular complexity index is 688. The lowest BCUT2D eigenvalue weighted by molar-refractivity contribution is 0.0730. The van der Waals surface area contributed by atoms with E-state index >= 15 is 0 Å². The standard InChI is InChI=1S/C14H18Cl2N2O4S/c1-2-3-17-14(19)10-8-13(12(16)9-11(10)15)23(20,21)18-4-6-22-7-5-18/h8-9H,2-7H2,1H3,(H,17,19). The van der Waals surface area contributed by atoms with Crippen molar-refractivity contribution in [3.8, 4) is 0 Å². The summed E-state index contributed by atoms with van der Waals surface area (Å²) in [4.78, 5) is 12.0. The monoisotopic (exact) mass is 380 g/mol. The summed E-state index contributed by atoms with van der Waals surface area (Å²) in [6, 6.07) is 2.53. The van der Waals surface area contributed by atoms with Gasteiger partial charge in [0.2, 0.25) is 10.0 Å². The van der Waals surface area contributed by atoms with E-state index in [1.807, 2.05) is 6.92 Å². The minimum absolute atomic E-state index is 0.00599. The molecule has 1 amide bonds. The van der Waals surface area contributed by atoms with Crippen LogP contribution >= 0.6 is 23.2 Å². The molecule has 0 spiro atoms. The molecule has 0 aromatic heterocycles. The number of amides is 1. The zero-order chi connectivity index (χ0) is 17.0. The van der Waals surface area contributed by atoms with E-state index in [9.17, 15) is 13.2 Å². The van der Waals surface area contributed by atoms with Crippen molar-refractivity contribution in [3.63, 3.8) is 0 Å². The van der Waals surface area contributed by atoms with Crippen molar-refractivity contribution < 1.29 is 17.9 Å². The van der Waals surface area contributed by atoms with Crippen molar-refractivity contribution in [3.05, 3.63) is 27.7 Å². The summed E-state index contributed by atoms with van der Waals surface area (Å²) in [5.41, 5.74) is 0.0938. The summed E-state index contributed by atoms with van der Waals surface area (Å²) in [7, 11) is -3.80. The predicted octanol–water partition coefficient (Wildman–Crippen LogP) is 2.15. The summed E-state index contributed by atoms with van der Waals surface area (Å²) >= 11 is 12.1. The van der Waals surface area contributed by atoms with Gasteiger partial charge in [0.15, 0.2) is 0 Å². The molecule has 2 rings (SSSR count). The van der Waals surface area contributed by atoms with Crippen LogP contribution in [0.3, 0.4) is 0 Å². The van der Waals surface area contributed by atoms with Gasteiger partial charge in [-0.25, -0.2) is 8.42 Å². The van der Waals surface area contributed by atoms with Crippen LogP contribution in [0.15, 0.2) is 17.0 Å². The van der Waals surface area contributed by atoms with Gasteiger partial charge in [0.1, 0.15) is 4.90 Å². The van der Waals surface area contributed by atoms with Gasteiger partial charge in [0, 0.05) is 19.6 Å². The molecule has 0 radical (unpaired) electrons. The van der Waals surface area contributed by atoms with Crippen LogP contribution in [-0.4, -0.2) is 51.5 Å². The summed E-state index contributed by atoms with van der Waals surface area (Å²) in [6.45, 7) is 3.54. The average Bonchev–Trinajstić information content (AvgIpc) is 2.53. The fourth-order valence-corrected chi connectivity index (χ4v) is 4.40. The molecule has 0 bridgehead atoms. The minimum atomic E-state index is -3.80. The summed E-state index contributed by atoms with van der Waals surface area (Å²) in [5, 5.41) is 2.78. The van der Waals surface area contributed by atoms with Crippen molar-refractivity contribution in [2.45, 2.75) is 18.2 Å². The van der Waals surface area contributed by atoms with Crippen LogP contribution in [0.2, 0.25) is 10.0 Å². The van der Waals surface area contributed by atoms with Gasteiger partial charge in [0.25, 0.3) is 5.91 Å². The van der Waals surface area contributed by atoms with Gasteiger partial charge < -0.3 is 10.1 Å². The van der Waals surface area contributed by atoms with Crippen LogP contribution in [0.5, 0.6) is 0 Å². The van der Waals surface area contributed by atoms with Crippen molar-refractivity contribution in [1.82, 2.24) is 9.62 Å². The molecule has 0 atom stereocenters. The van der Waals surface area contributed by atoms with Gasteiger partial charge in [-0.1, -0.05) is 30.1 Å². The van der Waals surface area contributed by atoms with E-state index < -0.39 is 15.9 Å². The lowest BCUT2D eigenvalue weighted by Crippen LogP contribution is -2.40. The molecule has 0 unspecified atom stereocenters. The van der Waals surface area contributed by atoms with Crippen molar-refractivity contribution in [1.29, 1.82) is 0 Å². The Hall–Kier alpha value is -0.860. The lowest BCUT2D eigenvalue weighted by Gasteiger charge is -2.26. The summed E-state index contributed by atoms with van der Waals surface area (Å²) < 4.78 is 31.9. The van der Waals surface area contributed by atoms with Crippen LogP contribution in [0.1, 0.15) is 23.7 Å². The molecule has 1 N–H and O–H groups in total. The number of morpholine rings is 1. The van der Waals surface area contributed by atoms with E-state index in [2.05, 4.69) is 5.32 Å². The molecular weight excluding hydrogens is 363 g/mol. The molecule has 128 valence electrons. The SMILES string of the molecule is CCCNC(=O)c1cc(S(=O)(=O)N2CCOCC2)c(Cl)cc1Cl. The van der Waals surface area contributed by atoms with E-state index in [1.165, 1.54) is 16.4 Å². The second-order valence-corrected chi connectivity index (χ2v) is 7.76. The average molecular weight is 381 g/mol. The highest BCUT2D eigenvalue weighted by atomic mass is 35.5. The van der Waals surface area contributed by atoms with E-state index in [1.54, 1.807) is 0 Å². The van der Waals surface area contributed by atoms with E-state index in [-0.39, 0.29) is 33.6 Å². The second kappa shape index (κ2) is 7.81. The molecule has 0 aliphatic carbocycles. The van der Waals surface area contributed by atoms with Crippen molar-refractivity contribution >= 4 is 39.1 Å². The Morgan fingerprint density at radius 2 is 1.91 bits per heavy atom. The van der Waals surface area contributed by atoms with Crippen LogP contribution in [0, 0.1) is 0 Å². The molecular formula is C14H18Cl2N2O4S. The molecule has 1 aliphatic heterocycles. The van der Waals surface area contributed by atoms with E-state index in [0.717, 1.165) is 6.42 Å². The number of sulfonamides is 1. The third kappa shape index (κ3) is 4.16. The number of benzene rings is 1. The molecule has 9 heteroatoms. The molecule has 1 saturated heterocycles. The number of nitrogens with one attached hydrogen (secondary N) is 1. The predicted molar refractivity (Wildman–Crippen MR) is 88.7 cm³/mol. The molecule has 1 aromatic rings. The van der Waals surface area contributed by atoms with Crippen molar-refractivity contribution in [2.75, 3.05) is 32.8 Å². The molecule has 6 nitrogen and oxygen atoms in total. The molecule has 23 heavy (non-hydrogen) atoms. The maximum atomic E-state index is 12.7. The summed E-state index contributed by atoms with van der Waals surface area (Å²) in [6.07, 6.45) is 0.760. The first-order valence-corrected chi connectivity index (χ1v) is 9.42. The highest BCUT2D eigenvalue weighted by Gasteiger charge is 2.30. The Kier molecular flexibility index (Phi) is 6.27. The molecule has 1 fully saturated rings. The quantitative estimate of drug-likeness (QED) is 0.848. The second-order valence-electron chi connectivity index (χ2n) is 5.03. The number of ether oxygens (including phenoxy) is 1. The number of hydrogen-bond acceptors (Lipinski definition) is 4. The molecule has 1 aromatic carbocycles. The third-order valence-electron chi connectivity index (χ3n) is 3.39. The van der Waals surface area contributed by atoms with E-state index in [4.69, 9.17) is 27.9 Å². The molecule has 1 heterocycles. The third-order valence-corrected chi connectivity index (χ3v) is 6.07. The molecule has 1 aliphatic rings. The van der Waals surface area contributed by atoms with Gasteiger partial charge in [0.05, 0.1) is 28.8 Å². The number of halogens is 2. The Labute approximate surface area is 145 Å². The minimum Gasteiger partial charge on any atom is -0.379 e. The van der Waals surface area contributed by atoms with Gasteiger partial charge in [-0.3, -0.25) is 4.79 Å². The number of carbonyl (C=O) groups excluding carboxylic acids is 1. The largest absolute Gasteiger partial charge is 0.379 e. The van der Waals surface area contributed by atoms with Crippen LogP contribution in [0.4, 0.5) is 0 Å². The first-order valence-electron chi connectivity index (χ1n) is 7.23. The first kappa shape index (κ1) is 18.5. The number of rotatable bonds is 5. The Morgan fingerprint density at radius 3 is 2.52 bits per heavy atom. The highest BCUT2D eigenvalue weighted by molar-refractivity contribution is 7.89. The topological polar surface area (TPSA) is 75.7 Å². The fourth-order valence-electron chi connectivity index (χ4n) is 2.16. The fraction of sp³-hybridized carbons (Fsp3) is 0.500. The molecule has 0 saturated carbocycles. The maximum Gasteiger partial charge on any atom is 0.252 e. The highest BCUT2D eigenvalue weighted by Crippen LogP contribution is 2.31. The number of nitrogens with zero attached hydrogens (tertiary/aromatic N) is 1. The normalized spacial score (nSPS) is 16.3. The summed E-state index contributed by atoms with van der Waals surface area (Å²) in [5.74, 6) is -0.424. The zero-order valence-corrected chi connectivity index (χ0v) is 15.0. The smallest absolute Gasteiger partial charge is 0.252 e.